The molecule has 1 amide bonds. The number of nitrogens with zero attached hydrogens (tertiary/aromatic N) is 1. The number of alkyl carbamates (subject to hydrolysis) is 1. The van der Waals surface area contributed by atoms with Crippen LogP contribution in [0.15, 0.2) is 30.3 Å². The van der Waals surface area contributed by atoms with Gasteiger partial charge in [0.15, 0.2) is 25.2 Å². The second kappa shape index (κ2) is 28.0. The minimum absolute atomic E-state index is 0.0845. The van der Waals surface area contributed by atoms with Crippen LogP contribution in [-0.2, 0) is 49.2 Å². The molecule has 392 valence electrons. The number of ether oxygens (including phenoxy) is 9. The lowest BCUT2D eigenvalue weighted by molar-refractivity contribution is -0.366. The van der Waals surface area contributed by atoms with Gasteiger partial charge < -0.3 is 119 Å². The maximum Gasteiger partial charge on any atom is 0.407 e. The zero-order valence-electron chi connectivity index (χ0n) is 37.3. The van der Waals surface area contributed by atoms with Crippen molar-refractivity contribution in [2.45, 2.75) is 155 Å². The molecule has 4 fully saturated rings. The fourth-order valence-electron chi connectivity index (χ4n) is 7.98. The standard InChI is InChI=1S/C42H70N2O24/c45-16-22-26(48)30(52)33(55)38(64-22)60-14-12-44(11-7-2-1-6-10-43-42(59)63-19-21-8-4-3-5-9-21)13-15-61-40-36(58)37(68-41-35(57)32(54)28(50)24(18-47)66-41)29(51)25(67-40)20-62-39-34(56)31(53)27(49)23(17-46)65-39/h3-5,8-9,22-41,45-58H,1-2,6-7,10-20H2,(H,43,59)/t22-,23-,24-,25-,26-,27-,28-,29-,30+,31+,32+,33+,34+,35+,36+,37+,38+,39+,40+,41-/m1/s1. The molecule has 0 aliphatic carbocycles. The van der Waals surface area contributed by atoms with Crippen LogP contribution in [0.2, 0.25) is 0 Å². The molecule has 0 unspecified atom stereocenters. The molecule has 4 saturated heterocycles. The van der Waals surface area contributed by atoms with Crippen LogP contribution < -0.4 is 5.32 Å². The minimum Gasteiger partial charge on any atom is -0.445 e. The Bertz CT molecular complexity index is 1570. The summed E-state index contributed by atoms with van der Waals surface area (Å²) in [6.45, 7) is -1.87. The Labute approximate surface area is 391 Å². The monoisotopic (exact) mass is 986 g/mol. The van der Waals surface area contributed by atoms with Crippen LogP contribution in [0.1, 0.15) is 31.2 Å². The van der Waals surface area contributed by atoms with Crippen LogP contribution >= 0.6 is 0 Å². The topological polar surface area (TPSA) is 399 Å². The van der Waals surface area contributed by atoms with Gasteiger partial charge in [-0.25, -0.2) is 4.79 Å². The summed E-state index contributed by atoms with van der Waals surface area (Å²) in [7, 11) is 0. The number of rotatable bonds is 25. The van der Waals surface area contributed by atoms with E-state index in [0.29, 0.717) is 25.9 Å². The van der Waals surface area contributed by atoms with Gasteiger partial charge in [-0.1, -0.05) is 43.2 Å². The number of hydrogen-bond acceptors (Lipinski definition) is 25. The lowest BCUT2D eigenvalue weighted by atomic mass is 9.96. The second-order valence-electron chi connectivity index (χ2n) is 17.0. The van der Waals surface area contributed by atoms with Gasteiger partial charge in [0, 0.05) is 19.6 Å². The fourth-order valence-corrected chi connectivity index (χ4v) is 7.98. The predicted molar refractivity (Wildman–Crippen MR) is 224 cm³/mol. The van der Waals surface area contributed by atoms with Crippen LogP contribution in [0.3, 0.4) is 0 Å². The summed E-state index contributed by atoms with van der Waals surface area (Å²) in [6, 6.07) is 9.23. The molecule has 68 heavy (non-hydrogen) atoms. The first-order valence-electron chi connectivity index (χ1n) is 22.7. The van der Waals surface area contributed by atoms with Gasteiger partial charge in [0.25, 0.3) is 0 Å². The molecule has 0 spiro atoms. The summed E-state index contributed by atoms with van der Waals surface area (Å²) in [5.74, 6) is 0. The molecule has 26 nitrogen and oxygen atoms in total. The van der Waals surface area contributed by atoms with E-state index in [2.05, 4.69) is 5.32 Å². The third-order valence-corrected chi connectivity index (χ3v) is 12.2. The van der Waals surface area contributed by atoms with Crippen molar-refractivity contribution >= 4 is 6.09 Å². The molecule has 15 N–H and O–H groups in total. The van der Waals surface area contributed by atoms with Crippen LogP contribution in [0.25, 0.3) is 0 Å². The lowest BCUT2D eigenvalue weighted by Gasteiger charge is -2.46. The number of unbranched alkanes of at least 4 members (excludes halogenated alkanes) is 3. The molecule has 0 saturated carbocycles. The number of carbonyl (C=O) groups is 1. The predicted octanol–water partition coefficient (Wildman–Crippen LogP) is -6.94. The average molecular weight is 987 g/mol. The van der Waals surface area contributed by atoms with Crippen molar-refractivity contribution in [2.24, 2.45) is 0 Å². The maximum absolute atomic E-state index is 12.1. The third-order valence-electron chi connectivity index (χ3n) is 12.2. The Balaban J connectivity index is 1.20. The molecule has 1 aromatic rings. The van der Waals surface area contributed by atoms with Crippen molar-refractivity contribution in [2.75, 3.05) is 65.8 Å². The van der Waals surface area contributed by atoms with E-state index in [1.165, 1.54) is 0 Å². The SMILES string of the molecule is O=C(NCCCCCCN(CCO[C@H]1O[C@H](CO)[C@@H](O)[C@H](O)[C@@H]1O)CCO[C@H]1O[C@H](CO[C@H]2O[C@H](CO)[C@@H](O)[C@H](O)[C@@H]2O)[C@@H](O)[C@H](O[C@H]2O[C@H](CO)[C@@H](O)[C@H](O)[C@@H]2O)[C@@H]1O)OCc1ccccc1. The normalized spacial score (nSPS) is 38.9. The molecular formula is C42H70N2O24. The summed E-state index contributed by atoms with van der Waals surface area (Å²) < 4.78 is 50.5. The second-order valence-corrected chi connectivity index (χ2v) is 17.0. The van der Waals surface area contributed by atoms with Gasteiger partial charge in [0.2, 0.25) is 0 Å². The van der Waals surface area contributed by atoms with Crippen molar-refractivity contribution in [1.29, 1.82) is 0 Å². The van der Waals surface area contributed by atoms with Gasteiger partial charge in [0.05, 0.1) is 39.6 Å². The zero-order valence-corrected chi connectivity index (χ0v) is 37.3. The molecule has 4 aliphatic heterocycles. The molecular weight excluding hydrogens is 916 g/mol. The van der Waals surface area contributed by atoms with E-state index in [4.69, 9.17) is 42.6 Å². The molecule has 4 aliphatic rings. The van der Waals surface area contributed by atoms with Crippen LogP contribution in [0.5, 0.6) is 0 Å². The first kappa shape index (κ1) is 56.5. The number of carbonyl (C=O) groups excluding carboxylic acids is 1. The number of aliphatic hydroxyl groups is 14. The number of aliphatic hydroxyl groups excluding tert-OH is 14. The summed E-state index contributed by atoms with van der Waals surface area (Å²) in [5, 5.41) is 148. The van der Waals surface area contributed by atoms with E-state index in [9.17, 15) is 76.3 Å². The van der Waals surface area contributed by atoms with Crippen LogP contribution in [0, 0.1) is 0 Å². The van der Waals surface area contributed by atoms with Crippen molar-refractivity contribution < 1.29 is 119 Å². The zero-order chi connectivity index (χ0) is 49.5. The van der Waals surface area contributed by atoms with Gasteiger partial charge in [0.1, 0.15) is 104 Å². The smallest absolute Gasteiger partial charge is 0.407 e. The maximum atomic E-state index is 12.1. The molecule has 1 aromatic carbocycles. The van der Waals surface area contributed by atoms with E-state index in [-0.39, 0.29) is 32.9 Å². The molecule has 26 heteroatoms. The first-order chi connectivity index (χ1) is 32.6. The van der Waals surface area contributed by atoms with E-state index in [0.717, 1.165) is 18.4 Å². The molecule has 20 atom stereocenters. The number of amides is 1. The van der Waals surface area contributed by atoms with Crippen LogP contribution in [0.4, 0.5) is 4.79 Å². The Morgan fingerprint density at radius 2 is 0.985 bits per heavy atom. The quantitative estimate of drug-likeness (QED) is 0.0405. The minimum atomic E-state index is -1.94. The molecule has 0 radical (unpaired) electrons. The van der Waals surface area contributed by atoms with Crippen molar-refractivity contribution in [1.82, 2.24) is 10.2 Å². The van der Waals surface area contributed by atoms with Gasteiger partial charge in [-0.3, -0.25) is 4.90 Å². The fraction of sp³-hybridized carbons (Fsp3) is 0.833. The van der Waals surface area contributed by atoms with Crippen LogP contribution in [-0.4, -0.2) is 271 Å². The lowest BCUT2D eigenvalue weighted by Crippen LogP contribution is -2.65. The van der Waals surface area contributed by atoms with Gasteiger partial charge in [-0.15, -0.1) is 0 Å². The number of benzene rings is 1. The van der Waals surface area contributed by atoms with Crippen molar-refractivity contribution in [3.8, 4) is 0 Å². The third kappa shape index (κ3) is 15.3. The Kier molecular flexibility index (Phi) is 23.2. The largest absolute Gasteiger partial charge is 0.445 e. The molecule has 0 bridgehead atoms. The van der Waals surface area contributed by atoms with Crippen molar-refractivity contribution in [3.63, 3.8) is 0 Å². The number of hydrogen-bond donors (Lipinski definition) is 15. The Morgan fingerprint density at radius 3 is 1.53 bits per heavy atom. The van der Waals surface area contributed by atoms with E-state index >= 15 is 0 Å². The highest BCUT2D eigenvalue weighted by atomic mass is 16.8. The van der Waals surface area contributed by atoms with Gasteiger partial charge >= 0.3 is 6.09 Å². The highest BCUT2D eigenvalue weighted by Crippen LogP contribution is 2.31. The van der Waals surface area contributed by atoms with Crippen molar-refractivity contribution in [3.05, 3.63) is 35.9 Å². The Morgan fingerprint density at radius 1 is 0.515 bits per heavy atom. The van der Waals surface area contributed by atoms with E-state index < -0.39 is 155 Å². The average Bonchev–Trinajstić information content (AvgIpc) is 3.34. The molecule has 5 rings (SSSR count). The summed E-state index contributed by atoms with van der Waals surface area (Å²) in [5.41, 5.74) is 0.853. The summed E-state index contributed by atoms with van der Waals surface area (Å²) >= 11 is 0. The van der Waals surface area contributed by atoms with E-state index in [1.54, 1.807) is 0 Å². The number of nitrogens with one attached hydrogen (secondary N) is 1. The summed E-state index contributed by atoms with van der Waals surface area (Å²) in [4.78, 5) is 14.0. The summed E-state index contributed by atoms with van der Waals surface area (Å²) in [6.07, 6.45) is -30.9. The molecule has 0 aromatic heterocycles. The Hall–Kier alpha value is -2.43. The molecule has 4 heterocycles. The first-order valence-corrected chi connectivity index (χ1v) is 22.7. The highest BCUT2D eigenvalue weighted by molar-refractivity contribution is 5.67. The highest BCUT2D eigenvalue weighted by Gasteiger charge is 2.52. The van der Waals surface area contributed by atoms with E-state index in [1.807, 2.05) is 35.2 Å². The van der Waals surface area contributed by atoms with Gasteiger partial charge in [-0.05, 0) is 24.9 Å². The van der Waals surface area contributed by atoms with Gasteiger partial charge in [-0.2, -0.15) is 0 Å².